The van der Waals surface area contributed by atoms with Crippen molar-refractivity contribution in [1.29, 1.82) is 0 Å². The molecule has 0 radical (unpaired) electrons. The van der Waals surface area contributed by atoms with Crippen LogP contribution in [-0.4, -0.2) is 38.3 Å². The molecular weight excluding hydrogens is 250 g/mol. The fraction of sp³-hybridized carbons (Fsp3) is 0.923. The number of carbonyl (C=O) groups excluding carboxylic acids is 1. The van der Waals surface area contributed by atoms with E-state index in [-0.39, 0.29) is 23.4 Å². The van der Waals surface area contributed by atoms with Crippen LogP contribution in [0, 0.1) is 5.41 Å². The molecule has 0 aromatic carbocycles. The van der Waals surface area contributed by atoms with E-state index in [1.54, 1.807) is 13.8 Å². The molecule has 1 rings (SSSR count). The maximum Gasteiger partial charge on any atom is 0.153 e. The summed E-state index contributed by atoms with van der Waals surface area (Å²) in [5.74, 6) is 0.119. The van der Waals surface area contributed by atoms with Crippen LogP contribution in [0.4, 0.5) is 0 Å². The molecule has 4 nitrogen and oxygen atoms in total. The Hall–Kier alpha value is -0.420. The lowest BCUT2D eigenvalue weighted by Gasteiger charge is -2.26. The summed E-state index contributed by atoms with van der Waals surface area (Å²) < 4.78 is 23.5. The van der Waals surface area contributed by atoms with Crippen molar-refractivity contribution in [1.82, 2.24) is 5.32 Å². The van der Waals surface area contributed by atoms with Gasteiger partial charge in [-0.2, -0.15) is 0 Å². The number of ketones is 1. The molecule has 1 aliphatic heterocycles. The van der Waals surface area contributed by atoms with Gasteiger partial charge in [0.25, 0.3) is 0 Å². The molecule has 1 saturated heterocycles. The summed E-state index contributed by atoms with van der Waals surface area (Å²) in [6, 6.07) is 0. The first-order valence-electron chi connectivity index (χ1n) is 6.79. The van der Waals surface area contributed by atoms with Gasteiger partial charge in [0.15, 0.2) is 9.84 Å². The summed E-state index contributed by atoms with van der Waals surface area (Å²) >= 11 is 0. The zero-order valence-corrected chi connectivity index (χ0v) is 12.5. The van der Waals surface area contributed by atoms with Crippen LogP contribution in [0.2, 0.25) is 0 Å². The standard InChI is InChI=1S/C13H25NO3S/c1-4-6-13(7-8-14-10-13)12(15)5-9-18(16,17)11(2)3/h11,14H,4-10H2,1-3H3. The van der Waals surface area contributed by atoms with Crippen LogP contribution < -0.4 is 5.32 Å². The number of hydrogen-bond donors (Lipinski definition) is 1. The topological polar surface area (TPSA) is 63.2 Å². The van der Waals surface area contributed by atoms with Crippen molar-refractivity contribution >= 4 is 15.6 Å². The molecule has 1 unspecified atom stereocenters. The number of rotatable bonds is 7. The van der Waals surface area contributed by atoms with E-state index in [9.17, 15) is 13.2 Å². The van der Waals surface area contributed by atoms with Crippen molar-refractivity contribution in [3.63, 3.8) is 0 Å². The van der Waals surface area contributed by atoms with E-state index in [4.69, 9.17) is 0 Å². The van der Waals surface area contributed by atoms with Gasteiger partial charge in [0.05, 0.1) is 11.0 Å². The third-order valence-corrected chi connectivity index (χ3v) is 6.11. The zero-order chi connectivity index (χ0) is 13.8. The van der Waals surface area contributed by atoms with Gasteiger partial charge in [-0.05, 0) is 33.2 Å². The third-order valence-electron chi connectivity index (χ3n) is 3.90. The highest BCUT2D eigenvalue weighted by Crippen LogP contribution is 2.33. The lowest BCUT2D eigenvalue weighted by atomic mass is 9.77. The molecule has 0 bridgehead atoms. The highest BCUT2D eigenvalue weighted by atomic mass is 32.2. The first-order chi connectivity index (χ1) is 8.34. The van der Waals surface area contributed by atoms with E-state index in [1.807, 2.05) is 0 Å². The second kappa shape index (κ2) is 6.15. The normalized spacial score (nSPS) is 24.7. The van der Waals surface area contributed by atoms with Crippen molar-refractivity contribution in [3.8, 4) is 0 Å². The predicted octanol–water partition coefficient (Wildman–Crippen LogP) is 1.55. The summed E-state index contributed by atoms with van der Waals surface area (Å²) in [6.07, 6.45) is 2.84. The maximum atomic E-state index is 12.3. The smallest absolute Gasteiger partial charge is 0.153 e. The van der Waals surface area contributed by atoms with Crippen LogP contribution in [0.5, 0.6) is 0 Å². The third kappa shape index (κ3) is 3.54. The molecule has 0 aliphatic carbocycles. The van der Waals surface area contributed by atoms with Crippen LogP contribution in [0.15, 0.2) is 0 Å². The molecule has 1 fully saturated rings. The number of Topliss-reactive ketones (excluding diaryl/α,β-unsaturated/α-hetero) is 1. The summed E-state index contributed by atoms with van der Waals surface area (Å²) in [7, 11) is -3.11. The Morgan fingerprint density at radius 2 is 2.06 bits per heavy atom. The monoisotopic (exact) mass is 275 g/mol. The molecule has 106 valence electrons. The van der Waals surface area contributed by atoms with Gasteiger partial charge >= 0.3 is 0 Å². The lowest BCUT2D eigenvalue weighted by Crippen LogP contribution is -2.35. The van der Waals surface area contributed by atoms with Crippen LogP contribution in [0.3, 0.4) is 0 Å². The molecule has 1 atom stereocenters. The molecule has 0 spiro atoms. The average Bonchev–Trinajstić information content (AvgIpc) is 2.76. The minimum Gasteiger partial charge on any atom is -0.316 e. The highest BCUT2D eigenvalue weighted by Gasteiger charge is 2.39. The number of carbonyl (C=O) groups is 1. The fourth-order valence-electron chi connectivity index (χ4n) is 2.55. The average molecular weight is 275 g/mol. The summed E-state index contributed by atoms with van der Waals surface area (Å²) in [5, 5.41) is 2.83. The molecule has 5 heteroatoms. The fourth-order valence-corrected chi connectivity index (χ4v) is 3.49. The molecule has 0 aromatic rings. The minimum absolute atomic E-state index is 0.00500. The Morgan fingerprint density at radius 1 is 1.39 bits per heavy atom. The minimum atomic E-state index is -3.11. The van der Waals surface area contributed by atoms with Gasteiger partial charge in [-0.15, -0.1) is 0 Å². The van der Waals surface area contributed by atoms with Crippen LogP contribution >= 0.6 is 0 Å². The first kappa shape index (κ1) is 15.6. The van der Waals surface area contributed by atoms with Gasteiger partial charge in [0, 0.05) is 18.4 Å². The lowest BCUT2D eigenvalue weighted by molar-refractivity contribution is -0.127. The number of sulfone groups is 1. The largest absolute Gasteiger partial charge is 0.316 e. The molecule has 0 aromatic heterocycles. The van der Waals surface area contributed by atoms with E-state index in [2.05, 4.69) is 12.2 Å². The van der Waals surface area contributed by atoms with Crippen LogP contribution in [0.1, 0.15) is 46.5 Å². The van der Waals surface area contributed by atoms with Gasteiger partial charge in [-0.1, -0.05) is 13.3 Å². The summed E-state index contributed by atoms with van der Waals surface area (Å²) in [4.78, 5) is 12.3. The van der Waals surface area contributed by atoms with Gasteiger partial charge in [0.1, 0.15) is 5.78 Å². The Labute approximate surface area is 110 Å². The molecule has 0 amide bonds. The Balaban J connectivity index is 2.64. The first-order valence-corrected chi connectivity index (χ1v) is 8.51. The van der Waals surface area contributed by atoms with E-state index in [0.29, 0.717) is 6.54 Å². The predicted molar refractivity (Wildman–Crippen MR) is 73.4 cm³/mol. The van der Waals surface area contributed by atoms with Gasteiger partial charge < -0.3 is 5.32 Å². The quantitative estimate of drug-likeness (QED) is 0.765. The Morgan fingerprint density at radius 3 is 2.50 bits per heavy atom. The van der Waals surface area contributed by atoms with E-state index < -0.39 is 15.1 Å². The second-order valence-electron chi connectivity index (χ2n) is 5.55. The van der Waals surface area contributed by atoms with Crippen molar-refractivity contribution in [2.24, 2.45) is 5.41 Å². The van der Waals surface area contributed by atoms with E-state index in [1.165, 1.54) is 0 Å². The summed E-state index contributed by atoms with van der Waals surface area (Å²) in [6.45, 7) is 6.97. The molecule has 1 heterocycles. The Kier molecular flexibility index (Phi) is 5.34. The summed E-state index contributed by atoms with van der Waals surface area (Å²) in [5.41, 5.74) is -0.304. The van der Waals surface area contributed by atoms with Crippen molar-refractivity contribution in [3.05, 3.63) is 0 Å². The zero-order valence-electron chi connectivity index (χ0n) is 11.7. The van der Waals surface area contributed by atoms with Crippen molar-refractivity contribution < 1.29 is 13.2 Å². The molecule has 1 N–H and O–H groups in total. The van der Waals surface area contributed by atoms with Gasteiger partial charge in [0.2, 0.25) is 0 Å². The molecule has 18 heavy (non-hydrogen) atoms. The number of nitrogens with one attached hydrogen (secondary N) is 1. The maximum absolute atomic E-state index is 12.3. The van der Waals surface area contributed by atoms with E-state index in [0.717, 1.165) is 25.8 Å². The second-order valence-corrected chi connectivity index (χ2v) is 8.22. The SMILES string of the molecule is CCCC1(C(=O)CCS(=O)(=O)C(C)C)CCNC1. The van der Waals surface area contributed by atoms with Crippen molar-refractivity contribution in [2.75, 3.05) is 18.8 Å². The molecule has 0 saturated carbocycles. The van der Waals surface area contributed by atoms with Crippen LogP contribution in [0.25, 0.3) is 0 Å². The van der Waals surface area contributed by atoms with Crippen molar-refractivity contribution in [2.45, 2.75) is 51.7 Å². The van der Waals surface area contributed by atoms with Crippen LogP contribution in [-0.2, 0) is 14.6 Å². The number of hydrogen-bond acceptors (Lipinski definition) is 4. The van der Waals surface area contributed by atoms with E-state index >= 15 is 0 Å². The van der Waals surface area contributed by atoms with Gasteiger partial charge in [-0.25, -0.2) is 8.42 Å². The molecular formula is C13H25NO3S. The highest BCUT2D eigenvalue weighted by molar-refractivity contribution is 7.91. The molecule has 1 aliphatic rings. The Bertz CT molecular complexity index is 381. The van der Waals surface area contributed by atoms with Gasteiger partial charge in [-0.3, -0.25) is 4.79 Å².